The maximum Gasteiger partial charge on any atom is 0.238 e. The van der Waals surface area contributed by atoms with Crippen LogP contribution in [-0.2, 0) is 9.59 Å². The minimum absolute atomic E-state index is 0.0448. The van der Waals surface area contributed by atoms with E-state index in [1.54, 1.807) is 4.90 Å². The van der Waals surface area contributed by atoms with Crippen LogP contribution in [0.4, 0.5) is 5.69 Å². The van der Waals surface area contributed by atoms with Gasteiger partial charge in [0.2, 0.25) is 11.8 Å². The van der Waals surface area contributed by atoms with Gasteiger partial charge >= 0.3 is 0 Å². The van der Waals surface area contributed by atoms with Gasteiger partial charge in [0.25, 0.3) is 0 Å². The van der Waals surface area contributed by atoms with E-state index in [0.29, 0.717) is 18.3 Å². The van der Waals surface area contributed by atoms with Crippen LogP contribution in [0.2, 0.25) is 0 Å². The van der Waals surface area contributed by atoms with Crippen LogP contribution < -0.4 is 5.32 Å². The van der Waals surface area contributed by atoms with E-state index in [1.165, 1.54) is 11.8 Å². The molecule has 0 bridgehead atoms. The highest BCUT2D eigenvalue weighted by molar-refractivity contribution is 8.15. The van der Waals surface area contributed by atoms with Crippen LogP contribution in [0.25, 0.3) is 0 Å². The fourth-order valence-corrected chi connectivity index (χ4v) is 3.28. The first kappa shape index (κ1) is 15.6. The molecule has 1 atom stereocenters. The molecule has 1 heterocycles. The number of hydrogen-bond acceptors (Lipinski definition) is 4. The van der Waals surface area contributed by atoms with Crippen LogP contribution in [0, 0.1) is 0 Å². The zero-order chi connectivity index (χ0) is 15.2. The third-order valence-corrected chi connectivity index (χ3v) is 4.31. The molecule has 0 saturated carbocycles. The molecule has 0 radical (unpaired) electrons. The van der Waals surface area contributed by atoms with E-state index in [0.717, 1.165) is 5.69 Å². The third kappa shape index (κ3) is 3.85. The summed E-state index contributed by atoms with van der Waals surface area (Å²) in [6.07, 6.45) is 0.208. The molecule has 1 fully saturated rings. The van der Waals surface area contributed by atoms with E-state index in [9.17, 15) is 9.59 Å². The molecular weight excluding hydrogens is 286 g/mol. The molecule has 1 aromatic rings. The maximum atomic E-state index is 12.3. The zero-order valence-electron chi connectivity index (χ0n) is 12.2. The minimum Gasteiger partial charge on any atom is -0.325 e. The molecule has 0 unspecified atom stereocenters. The predicted octanol–water partition coefficient (Wildman–Crippen LogP) is 2.36. The molecule has 1 aliphatic heterocycles. The number of para-hydroxylation sites is 1. The van der Waals surface area contributed by atoms with Gasteiger partial charge in [-0.1, -0.05) is 30.0 Å². The van der Waals surface area contributed by atoms with Gasteiger partial charge < -0.3 is 5.32 Å². The van der Waals surface area contributed by atoms with E-state index in [4.69, 9.17) is 0 Å². The molecule has 0 aromatic heterocycles. The number of thioether (sulfide) groups is 1. The Bertz CT molecular complexity index is 545. The number of aliphatic imine (C=N–C) groups is 1. The highest BCUT2D eigenvalue weighted by Crippen LogP contribution is 2.27. The van der Waals surface area contributed by atoms with Gasteiger partial charge in [0.05, 0.1) is 0 Å². The van der Waals surface area contributed by atoms with Crippen LogP contribution in [-0.4, -0.2) is 40.2 Å². The van der Waals surface area contributed by atoms with Crippen molar-refractivity contribution < 1.29 is 9.59 Å². The van der Waals surface area contributed by atoms with E-state index < -0.39 is 5.25 Å². The third-order valence-electron chi connectivity index (χ3n) is 3.08. The number of carbonyl (C=O) groups is 2. The van der Waals surface area contributed by atoms with Crippen LogP contribution in [0.1, 0.15) is 20.3 Å². The SMILES string of the molecule is CCN=C1S[C@H](C(=O)Nc2ccccc2)CC(=O)N1CC. The first-order valence-electron chi connectivity index (χ1n) is 7.03. The van der Waals surface area contributed by atoms with Gasteiger partial charge in [0.1, 0.15) is 5.25 Å². The van der Waals surface area contributed by atoms with Crippen LogP contribution in [0.3, 0.4) is 0 Å². The van der Waals surface area contributed by atoms with Crippen LogP contribution >= 0.6 is 11.8 Å². The first-order valence-corrected chi connectivity index (χ1v) is 7.91. The number of carbonyl (C=O) groups excluding carboxylic acids is 2. The van der Waals surface area contributed by atoms with Crippen molar-refractivity contribution in [3.8, 4) is 0 Å². The summed E-state index contributed by atoms with van der Waals surface area (Å²) in [6.45, 7) is 5.00. The molecule has 6 heteroatoms. The lowest BCUT2D eigenvalue weighted by atomic mass is 10.2. The fraction of sp³-hybridized carbons (Fsp3) is 0.400. The summed E-state index contributed by atoms with van der Waals surface area (Å²) in [7, 11) is 0. The van der Waals surface area contributed by atoms with Crippen molar-refractivity contribution in [2.24, 2.45) is 4.99 Å². The highest BCUT2D eigenvalue weighted by Gasteiger charge is 2.34. The summed E-state index contributed by atoms with van der Waals surface area (Å²) in [5, 5.41) is 3.06. The topological polar surface area (TPSA) is 61.8 Å². The van der Waals surface area contributed by atoms with Gasteiger partial charge in [-0.15, -0.1) is 0 Å². The highest BCUT2D eigenvalue weighted by atomic mass is 32.2. The molecule has 1 aromatic carbocycles. The standard InChI is InChI=1S/C15H19N3O2S/c1-3-16-15-18(4-2)13(19)10-12(21-15)14(20)17-11-8-6-5-7-9-11/h5-9,12H,3-4,10H2,1-2H3,(H,17,20)/t12-/m0/s1. The smallest absolute Gasteiger partial charge is 0.238 e. The average molecular weight is 305 g/mol. The van der Waals surface area contributed by atoms with Gasteiger partial charge in [-0.2, -0.15) is 0 Å². The molecule has 112 valence electrons. The van der Waals surface area contributed by atoms with Crippen molar-refractivity contribution in [3.05, 3.63) is 30.3 Å². The number of anilines is 1. The molecule has 1 N–H and O–H groups in total. The quantitative estimate of drug-likeness (QED) is 0.929. The second-order valence-corrected chi connectivity index (χ2v) is 5.73. The molecular formula is C15H19N3O2S. The Kier molecular flexibility index (Phi) is 5.38. The van der Waals surface area contributed by atoms with Crippen molar-refractivity contribution in [1.29, 1.82) is 0 Å². The van der Waals surface area contributed by atoms with E-state index in [-0.39, 0.29) is 18.2 Å². The van der Waals surface area contributed by atoms with Crippen LogP contribution in [0.5, 0.6) is 0 Å². The molecule has 2 rings (SSSR count). The maximum absolute atomic E-state index is 12.3. The molecule has 2 amide bonds. The average Bonchev–Trinajstić information content (AvgIpc) is 2.48. The largest absolute Gasteiger partial charge is 0.325 e. The second kappa shape index (κ2) is 7.26. The molecule has 0 spiro atoms. The van der Waals surface area contributed by atoms with Gasteiger partial charge in [-0.25, -0.2) is 0 Å². The molecule has 0 aliphatic carbocycles. The lowest BCUT2D eigenvalue weighted by molar-refractivity contribution is -0.129. The van der Waals surface area contributed by atoms with Gasteiger partial charge in [0.15, 0.2) is 5.17 Å². The van der Waals surface area contributed by atoms with E-state index >= 15 is 0 Å². The number of benzene rings is 1. The fourth-order valence-electron chi connectivity index (χ4n) is 2.07. The normalized spacial score (nSPS) is 20.7. The Morgan fingerprint density at radius 2 is 2.10 bits per heavy atom. The van der Waals surface area contributed by atoms with Crippen molar-refractivity contribution in [3.63, 3.8) is 0 Å². The Morgan fingerprint density at radius 1 is 1.38 bits per heavy atom. The van der Waals surface area contributed by atoms with Gasteiger partial charge in [0, 0.05) is 25.2 Å². The number of nitrogens with zero attached hydrogens (tertiary/aromatic N) is 2. The van der Waals surface area contributed by atoms with Crippen LogP contribution in [0.15, 0.2) is 35.3 Å². The monoisotopic (exact) mass is 305 g/mol. The second-order valence-electron chi connectivity index (χ2n) is 4.56. The molecule has 1 saturated heterocycles. The zero-order valence-corrected chi connectivity index (χ0v) is 13.0. The Labute approximate surface area is 128 Å². The summed E-state index contributed by atoms with van der Waals surface area (Å²) in [6, 6.07) is 9.26. The Hall–Kier alpha value is -1.82. The summed E-state index contributed by atoms with van der Waals surface area (Å²) < 4.78 is 0. The number of nitrogens with one attached hydrogen (secondary N) is 1. The van der Waals surface area contributed by atoms with E-state index in [2.05, 4.69) is 10.3 Å². The molecule has 5 nitrogen and oxygen atoms in total. The summed E-state index contributed by atoms with van der Waals surface area (Å²) in [4.78, 5) is 30.4. The van der Waals surface area contributed by atoms with E-state index in [1.807, 2.05) is 44.2 Å². The molecule has 1 aliphatic rings. The summed E-state index contributed by atoms with van der Waals surface area (Å²) in [5.74, 6) is -0.198. The Morgan fingerprint density at radius 3 is 2.71 bits per heavy atom. The lowest BCUT2D eigenvalue weighted by Gasteiger charge is -2.30. The lowest BCUT2D eigenvalue weighted by Crippen LogP contribution is -2.45. The number of amides is 2. The first-order chi connectivity index (χ1) is 10.2. The number of hydrogen-bond donors (Lipinski definition) is 1. The number of amidine groups is 1. The summed E-state index contributed by atoms with van der Waals surface area (Å²) >= 11 is 1.36. The van der Waals surface area contributed by atoms with Crippen molar-refractivity contribution >= 4 is 34.4 Å². The van der Waals surface area contributed by atoms with Gasteiger partial charge in [-0.3, -0.25) is 19.5 Å². The van der Waals surface area contributed by atoms with Crippen molar-refractivity contribution in [2.45, 2.75) is 25.5 Å². The minimum atomic E-state index is -0.425. The molecule has 21 heavy (non-hydrogen) atoms. The van der Waals surface area contributed by atoms with Crippen molar-refractivity contribution in [2.75, 3.05) is 18.4 Å². The predicted molar refractivity (Wildman–Crippen MR) is 86.4 cm³/mol. The van der Waals surface area contributed by atoms with Gasteiger partial charge in [-0.05, 0) is 26.0 Å². The summed E-state index contributed by atoms with van der Waals surface area (Å²) in [5.41, 5.74) is 0.738. The Balaban J connectivity index is 2.08. The van der Waals surface area contributed by atoms with Crippen molar-refractivity contribution in [1.82, 2.24) is 4.90 Å². The number of rotatable bonds is 4.